The smallest absolute Gasteiger partial charge is 0.124 e. The van der Waals surface area contributed by atoms with Gasteiger partial charge in [0.15, 0.2) is 0 Å². The van der Waals surface area contributed by atoms with Crippen molar-refractivity contribution < 1.29 is 9.13 Å². The minimum atomic E-state index is -0.220. The minimum Gasteiger partial charge on any atom is -0.492 e. The van der Waals surface area contributed by atoms with Gasteiger partial charge in [-0.05, 0) is 66.0 Å². The number of ether oxygens (including phenoxy) is 1. The van der Waals surface area contributed by atoms with Crippen LogP contribution in [-0.2, 0) is 0 Å². The van der Waals surface area contributed by atoms with Gasteiger partial charge in [0, 0.05) is 18.0 Å². The molecule has 1 aliphatic heterocycles. The van der Waals surface area contributed by atoms with Crippen LogP contribution in [0.2, 0.25) is 0 Å². The molecule has 2 nitrogen and oxygen atoms in total. The Morgan fingerprint density at radius 3 is 2.15 bits per heavy atom. The van der Waals surface area contributed by atoms with E-state index in [9.17, 15) is 4.39 Å². The Hall–Kier alpha value is -3.17. The Balaban J connectivity index is 1.55. The molecule has 0 amide bonds. The van der Waals surface area contributed by atoms with Gasteiger partial charge in [-0.1, -0.05) is 85.6 Å². The lowest BCUT2D eigenvalue weighted by Gasteiger charge is -2.25. The molecule has 34 heavy (non-hydrogen) atoms. The molecule has 1 aliphatic rings. The van der Waals surface area contributed by atoms with E-state index in [1.54, 1.807) is 12.1 Å². The van der Waals surface area contributed by atoms with Crippen molar-refractivity contribution in [1.29, 1.82) is 0 Å². The summed E-state index contributed by atoms with van der Waals surface area (Å²) >= 11 is 0. The van der Waals surface area contributed by atoms with Crippen molar-refractivity contribution in [1.82, 2.24) is 4.90 Å². The van der Waals surface area contributed by atoms with Crippen LogP contribution >= 0.6 is 0 Å². The molecular weight excluding hydrogens is 421 g/mol. The molecule has 0 aromatic heterocycles. The SMILES string of the molecule is Fc1ccc([C@@H](c2ccccc2)c2c(OCCN3CCCCCC3)ccc3ccccc23)cc1. The summed E-state index contributed by atoms with van der Waals surface area (Å²) in [5.41, 5.74) is 3.37. The molecule has 174 valence electrons. The maximum atomic E-state index is 13.8. The van der Waals surface area contributed by atoms with Crippen LogP contribution in [0.25, 0.3) is 10.8 Å². The summed E-state index contributed by atoms with van der Waals surface area (Å²) in [6.07, 6.45) is 5.23. The Morgan fingerprint density at radius 1 is 0.706 bits per heavy atom. The number of likely N-dealkylation sites (tertiary alicyclic amines) is 1. The number of benzene rings is 4. The molecule has 0 radical (unpaired) electrons. The van der Waals surface area contributed by atoms with Crippen molar-refractivity contribution in [2.45, 2.75) is 31.6 Å². The van der Waals surface area contributed by atoms with Gasteiger partial charge in [-0.15, -0.1) is 0 Å². The predicted octanol–water partition coefficient (Wildman–Crippen LogP) is 7.41. The molecule has 1 heterocycles. The fourth-order valence-corrected chi connectivity index (χ4v) is 5.17. The number of nitrogens with zero attached hydrogens (tertiary/aromatic N) is 1. The quantitative estimate of drug-likeness (QED) is 0.270. The first-order valence-electron chi connectivity index (χ1n) is 12.5. The van der Waals surface area contributed by atoms with E-state index < -0.39 is 0 Å². The molecular formula is C31H32FNO. The maximum absolute atomic E-state index is 13.8. The number of halogens is 1. The Kier molecular flexibility index (Phi) is 7.21. The number of hydrogen-bond acceptors (Lipinski definition) is 2. The molecule has 0 unspecified atom stereocenters. The van der Waals surface area contributed by atoms with Gasteiger partial charge in [-0.3, -0.25) is 4.90 Å². The van der Waals surface area contributed by atoms with E-state index in [1.165, 1.54) is 42.0 Å². The third-order valence-corrected chi connectivity index (χ3v) is 6.92. The summed E-state index contributed by atoms with van der Waals surface area (Å²) in [5, 5.41) is 2.35. The Labute approximate surface area is 202 Å². The second kappa shape index (κ2) is 10.8. The molecule has 0 spiro atoms. The first-order valence-corrected chi connectivity index (χ1v) is 12.5. The molecule has 1 saturated heterocycles. The summed E-state index contributed by atoms with van der Waals surface area (Å²) in [5.74, 6) is 0.634. The van der Waals surface area contributed by atoms with Crippen LogP contribution in [-0.4, -0.2) is 31.1 Å². The molecule has 0 aliphatic carbocycles. The monoisotopic (exact) mass is 453 g/mol. The highest BCUT2D eigenvalue weighted by atomic mass is 19.1. The zero-order valence-corrected chi connectivity index (χ0v) is 19.6. The van der Waals surface area contributed by atoms with Crippen molar-refractivity contribution >= 4 is 10.8 Å². The normalized spacial score (nSPS) is 15.7. The van der Waals surface area contributed by atoms with E-state index in [0.29, 0.717) is 6.61 Å². The molecule has 1 atom stereocenters. The lowest BCUT2D eigenvalue weighted by Crippen LogP contribution is -2.29. The van der Waals surface area contributed by atoms with Crippen molar-refractivity contribution in [3.8, 4) is 5.75 Å². The molecule has 0 saturated carbocycles. The lowest BCUT2D eigenvalue weighted by molar-refractivity contribution is 0.213. The van der Waals surface area contributed by atoms with Gasteiger partial charge in [0.1, 0.15) is 18.2 Å². The summed E-state index contributed by atoms with van der Waals surface area (Å²) in [6.45, 7) is 3.93. The van der Waals surface area contributed by atoms with Crippen LogP contribution in [0.4, 0.5) is 4.39 Å². The molecule has 4 aromatic rings. The molecule has 0 N–H and O–H groups in total. The second-order valence-corrected chi connectivity index (χ2v) is 9.20. The summed E-state index contributed by atoms with van der Waals surface area (Å²) in [4.78, 5) is 2.53. The van der Waals surface area contributed by atoms with Crippen molar-refractivity contribution in [2.24, 2.45) is 0 Å². The average molecular weight is 454 g/mol. The van der Waals surface area contributed by atoms with Gasteiger partial charge in [-0.25, -0.2) is 4.39 Å². The molecule has 5 rings (SSSR count). The van der Waals surface area contributed by atoms with Crippen LogP contribution < -0.4 is 4.74 Å². The number of rotatable bonds is 7. The fourth-order valence-electron chi connectivity index (χ4n) is 5.17. The fraction of sp³-hybridized carbons (Fsp3) is 0.290. The average Bonchev–Trinajstić information content (AvgIpc) is 3.16. The molecule has 1 fully saturated rings. The summed E-state index contributed by atoms with van der Waals surface area (Å²) in [7, 11) is 0. The Morgan fingerprint density at radius 2 is 1.38 bits per heavy atom. The van der Waals surface area contributed by atoms with Crippen LogP contribution in [0.3, 0.4) is 0 Å². The maximum Gasteiger partial charge on any atom is 0.124 e. The van der Waals surface area contributed by atoms with Crippen LogP contribution in [0.1, 0.15) is 48.3 Å². The van der Waals surface area contributed by atoms with Crippen LogP contribution in [0.15, 0.2) is 91.0 Å². The standard InChI is InChI=1S/C31H32FNO/c32-27-17-14-26(15-18-27)30(25-11-4-3-5-12-25)31-28-13-7-6-10-24(28)16-19-29(31)34-23-22-33-20-8-1-2-9-21-33/h3-7,10-19,30H,1-2,8-9,20-23H2/t30-/m1/s1. The molecule has 0 bridgehead atoms. The highest BCUT2D eigenvalue weighted by Crippen LogP contribution is 2.41. The van der Waals surface area contributed by atoms with Gasteiger partial charge in [0.25, 0.3) is 0 Å². The van der Waals surface area contributed by atoms with Gasteiger partial charge in [0.2, 0.25) is 0 Å². The van der Waals surface area contributed by atoms with E-state index >= 15 is 0 Å². The van der Waals surface area contributed by atoms with Crippen LogP contribution in [0, 0.1) is 5.82 Å². The summed E-state index contributed by atoms with van der Waals surface area (Å²) < 4.78 is 20.4. The predicted molar refractivity (Wildman–Crippen MR) is 138 cm³/mol. The van der Waals surface area contributed by atoms with Crippen molar-refractivity contribution in [2.75, 3.05) is 26.2 Å². The highest BCUT2D eigenvalue weighted by molar-refractivity contribution is 5.89. The van der Waals surface area contributed by atoms with E-state index in [4.69, 9.17) is 4.74 Å². The first-order chi connectivity index (χ1) is 16.8. The topological polar surface area (TPSA) is 12.5 Å². The van der Waals surface area contributed by atoms with E-state index in [0.717, 1.165) is 36.5 Å². The third kappa shape index (κ3) is 5.15. The largest absolute Gasteiger partial charge is 0.492 e. The Bertz CT molecular complexity index is 1200. The zero-order valence-electron chi connectivity index (χ0n) is 19.6. The van der Waals surface area contributed by atoms with Crippen molar-refractivity contribution in [3.63, 3.8) is 0 Å². The van der Waals surface area contributed by atoms with Gasteiger partial charge in [-0.2, -0.15) is 0 Å². The minimum absolute atomic E-state index is 0.0545. The van der Waals surface area contributed by atoms with E-state index in [2.05, 4.69) is 65.6 Å². The highest BCUT2D eigenvalue weighted by Gasteiger charge is 2.23. The van der Waals surface area contributed by atoms with E-state index in [-0.39, 0.29) is 11.7 Å². The third-order valence-electron chi connectivity index (χ3n) is 6.92. The van der Waals surface area contributed by atoms with Crippen molar-refractivity contribution in [3.05, 3.63) is 114 Å². The van der Waals surface area contributed by atoms with Crippen LogP contribution in [0.5, 0.6) is 5.75 Å². The molecule has 4 aromatic carbocycles. The first kappa shape index (κ1) is 22.6. The number of fused-ring (bicyclic) bond motifs is 1. The van der Waals surface area contributed by atoms with Gasteiger partial charge >= 0.3 is 0 Å². The summed E-state index contributed by atoms with van der Waals surface area (Å²) in [6, 6.07) is 30.1. The second-order valence-electron chi connectivity index (χ2n) is 9.20. The molecule has 3 heteroatoms. The number of hydrogen-bond donors (Lipinski definition) is 0. The van der Waals surface area contributed by atoms with Gasteiger partial charge in [0.05, 0.1) is 0 Å². The van der Waals surface area contributed by atoms with E-state index in [1.807, 2.05) is 18.2 Å². The lowest BCUT2D eigenvalue weighted by atomic mass is 9.82. The zero-order chi connectivity index (χ0) is 23.2. The van der Waals surface area contributed by atoms with Gasteiger partial charge < -0.3 is 4.74 Å².